The van der Waals surface area contributed by atoms with Gasteiger partial charge in [0.05, 0.1) is 12.2 Å². The van der Waals surface area contributed by atoms with Crippen LogP contribution >= 0.6 is 0 Å². The maximum absolute atomic E-state index is 5.68. The van der Waals surface area contributed by atoms with Crippen molar-refractivity contribution >= 4 is 10.9 Å². The Morgan fingerprint density at radius 3 is 2.61 bits per heavy atom. The molecule has 0 aliphatic heterocycles. The number of benzene rings is 1. The van der Waals surface area contributed by atoms with Crippen LogP contribution in [0, 0.1) is 0 Å². The summed E-state index contributed by atoms with van der Waals surface area (Å²) in [5.74, 6) is 0.895. The highest BCUT2D eigenvalue weighted by molar-refractivity contribution is 5.81. The van der Waals surface area contributed by atoms with Crippen molar-refractivity contribution in [2.45, 2.75) is 26.4 Å². The molecule has 3 heteroatoms. The van der Waals surface area contributed by atoms with Gasteiger partial charge in [-0.25, -0.2) is 0 Å². The van der Waals surface area contributed by atoms with E-state index in [1.165, 1.54) is 10.9 Å². The topological polar surface area (TPSA) is 23.4 Å². The average molecular weight is 247 g/mol. The Morgan fingerprint density at radius 2 is 1.89 bits per heavy atom. The molecule has 0 aliphatic carbocycles. The van der Waals surface area contributed by atoms with E-state index in [-0.39, 0.29) is 5.60 Å². The quantitative estimate of drug-likeness (QED) is 0.773. The molecular weight excluding hydrogens is 226 g/mol. The first-order valence-corrected chi connectivity index (χ1v) is 6.27. The highest BCUT2D eigenvalue weighted by Gasteiger charge is 2.09. The van der Waals surface area contributed by atoms with Gasteiger partial charge in [-0.05, 0) is 45.0 Å². The third kappa shape index (κ3) is 3.26. The standard InChI is InChI=1S/C15H21NO2/c1-15(2,3)18-10-9-17-13-5-6-14-12(11-13)7-8-16(14)4/h5-8,11H,9-10H2,1-4H3. The number of fused-ring (bicyclic) bond motifs is 1. The number of ether oxygens (including phenoxy) is 2. The molecule has 98 valence electrons. The second kappa shape index (κ2) is 5.02. The number of aromatic nitrogens is 1. The molecule has 0 atom stereocenters. The molecule has 2 rings (SSSR count). The van der Waals surface area contributed by atoms with Crippen LogP contribution in [-0.4, -0.2) is 23.4 Å². The summed E-state index contributed by atoms with van der Waals surface area (Å²) in [5, 5.41) is 1.20. The molecule has 1 heterocycles. The lowest BCUT2D eigenvalue weighted by molar-refractivity contribution is -0.0162. The number of hydrogen-bond donors (Lipinski definition) is 0. The fourth-order valence-electron chi connectivity index (χ4n) is 1.86. The largest absolute Gasteiger partial charge is 0.491 e. The third-order valence-corrected chi connectivity index (χ3v) is 2.74. The van der Waals surface area contributed by atoms with Crippen molar-refractivity contribution in [3.63, 3.8) is 0 Å². The van der Waals surface area contributed by atoms with Crippen LogP contribution in [-0.2, 0) is 11.8 Å². The summed E-state index contributed by atoms with van der Waals surface area (Å²) in [4.78, 5) is 0. The molecule has 0 aliphatic rings. The molecule has 0 saturated carbocycles. The molecular formula is C15H21NO2. The molecule has 18 heavy (non-hydrogen) atoms. The summed E-state index contributed by atoms with van der Waals surface area (Å²) in [6, 6.07) is 8.23. The smallest absolute Gasteiger partial charge is 0.120 e. The van der Waals surface area contributed by atoms with Gasteiger partial charge in [-0.3, -0.25) is 0 Å². The van der Waals surface area contributed by atoms with Crippen molar-refractivity contribution in [2.75, 3.05) is 13.2 Å². The molecule has 0 N–H and O–H groups in total. The normalized spacial score (nSPS) is 12.0. The molecule has 0 saturated heterocycles. The van der Waals surface area contributed by atoms with Gasteiger partial charge in [0.2, 0.25) is 0 Å². The van der Waals surface area contributed by atoms with E-state index < -0.39 is 0 Å². The summed E-state index contributed by atoms with van der Waals surface area (Å²) in [6.07, 6.45) is 2.05. The highest BCUT2D eigenvalue weighted by atomic mass is 16.5. The molecule has 3 nitrogen and oxygen atoms in total. The summed E-state index contributed by atoms with van der Waals surface area (Å²) in [6.45, 7) is 7.32. The van der Waals surface area contributed by atoms with Crippen molar-refractivity contribution in [1.29, 1.82) is 0 Å². The van der Waals surface area contributed by atoms with E-state index >= 15 is 0 Å². The molecule has 0 spiro atoms. The molecule has 0 fully saturated rings. The van der Waals surface area contributed by atoms with Gasteiger partial charge >= 0.3 is 0 Å². The van der Waals surface area contributed by atoms with E-state index in [2.05, 4.69) is 29.0 Å². The predicted octanol–water partition coefficient (Wildman–Crippen LogP) is 3.37. The van der Waals surface area contributed by atoms with Crippen LogP contribution in [0.15, 0.2) is 30.5 Å². The van der Waals surface area contributed by atoms with Crippen LogP contribution in [0.5, 0.6) is 5.75 Å². The second-order valence-corrected chi connectivity index (χ2v) is 5.46. The molecule has 1 aromatic carbocycles. The van der Waals surface area contributed by atoms with Crippen molar-refractivity contribution in [3.8, 4) is 5.75 Å². The van der Waals surface area contributed by atoms with Crippen LogP contribution in [0.25, 0.3) is 10.9 Å². The number of aryl methyl sites for hydroxylation is 1. The Labute approximate surface area is 108 Å². The highest BCUT2D eigenvalue weighted by Crippen LogP contribution is 2.21. The maximum atomic E-state index is 5.68. The molecule has 0 radical (unpaired) electrons. The van der Waals surface area contributed by atoms with E-state index in [4.69, 9.17) is 9.47 Å². The van der Waals surface area contributed by atoms with Crippen molar-refractivity contribution in [3.05, 3.63) is 30.5 Å². The Balaban J connectivity index is 1.92. The van der Waals surface area contributed by atoms with E-state index in [1.54, 1.807) is 0 Å². The van der Waals surface area contributed by atoms with Gasteiger partial charge in [-0.2, -0.15) is 0 Å². The Bertz CT molecular complexity index is 523. The SMILES string of the molecule is Cn1ccc2cc(OCCOC(C)(C)C)ccc21. The summed E-state index contributed by atoms with van der Waals surface area (Å²) in [5.41, 5.74) is 1.11. The zero-order valence-electron chi connectivity index (χ0n) is 11.6. The van der Waals surface area contributed by atoms with Gasteiger partial charge in [0.1, 0.15) is 12.4 Å². The lowest BCUT2D eigenvalue weighted by Gasteiger charge is -2.19. The van der Waals surface area contributed by atoms with Gasteiger partial charge in [0.15, 0.2) is 0 Å². The van der Waals surface area contributed by atoms with Crippen LogP contribution in [0.3, 0.4) is 0 Å². The predicted molar refractivity (Wildman–Crippen MR) is 74.1 cm³/mol. The fourth-order valence-corrected chi connectivity index (χ4v) is 1.86. The van der Waals surface area contributed by atoms with E-state index in [0.717, 1.165) is 5.75 Å². The zero-order valence-corrected chi connectivity index (χ0v) is 11.6. The molecule has 0 bridgehead atoms. The first kappa shape index (κ1) is 13.0. The van der Waals surface area contributed by atoms with Crippen LogP contribution < -0.4 is 4.74 Å². The van der Waals surface area contributed by atoms with Gasteiger partial charge in [0.25, 0.3) is 0 Å². The van der Waals surface area contributed by atoms with Crippen LogP contribution in [0.1, 0.15) is 20.8 Å². The first-order chi connectivity index (χ1) is 8.46. The van der Waals surface area contributed by atoms with E-state index in [0.29, 0.717) is 13.2 Å². The number of hydrogen-bond acceptors (Lipinski definition) is 2. The van der Waals surface area contributed by atoms with Crippen molar-refractivity contribution < 1.29 is 9.47 Å². The second-order valence-electron chi connectivity index (χ2n) is 5.46. The monoisotopic (exact) mass is 247 g/mol. The van der Waals surface area contributed by atoms with Crippen LogP contribution in [0.4, 0.5) is 0 Å². The van der Waals surface area contributed by atoms with Gasteiger partial charge in [-0.1, -0.05) is 0 Å². The van der Waals surface area contributed by atoms with Gasteiger partial charge in [-0.15, -0.1) is 0 Å². The van der Waals surface area contributed by atoms with E-state index in [1.807, 2.05) is 33.9 Å². The minimum absolute atomic E-state index is 0.104. The summed E-state index contributed by atoms with van der Waals surface area (Å²) < 4.78 is 13.4. The minimum atomic E-state index is -0.104. The number of nitrogens with zero attached hydrogens (tertiary/aromatic N) is 1. The van der Waals surface area contributed by atoms with Crippen molar-refractivity contribution in [1.82, 2.24) is 4.57 Å². The summed E-state index contributed by atoms with van der Waals surface area (Å²) in [7, 11) is 2.04. The Morgan fingerprint density at radius 1 is 1.11 bits per heavy atom. The molecule has 0 amide bonds. The third-order valence-electron chi connectivity index (χ3n) is 2.74. The Hall–Kier alpha value is -1.48. The van der Waals surface area contributed by atoms with Crippen LogP contribution in [0.2, 0.25) is 0 Å². The van der Waals surface area contributed by atoms with Crippen molar-refractivity contribution in [2.24, 2.45) is 7.05 Å². The van der Waals surface area contributed by atoms with E-state index in [9.17, 15) is 0 Å². The van der Waals surface area contributed by atoms with Gasteiger partial charge < -0.3 is 14.0 Å². The lowest BCUT2D eigenvalue weighted by atomic mass is 10.2. The molecule has 1 aromatic heterocycles. The van der Waals surface area contributed by atoms with Gasteiger partial charge in [0, 0.05) is 24.1 Å². The molecule has 0 unspecified atom stereocenters. The lowest BCUT2D eigenvalue weighted by Crippen LogP contribution is -2.22. The first-order valence-electron chi connectivity index (χ1n) is 6.27. The Kier molecular flexibility index (Phi) is 3.62. The minimum Gasteiger partial charge on any atom is -0.491 e. The zero-order chi connectivity index (χ0) is 13.2. The maximum Gasteiger partial charge on any atom is 0.120 e. The summed E-state index contributed by atoms with van der Waals surface area (Å²) >= 11 is 0. The average Bonchev–Trinajstić information content (AvgIpc) is 2.65. The fraction of sp³-hybridized carbons (Fsp3) is 0.467. The number of rotatable bonds is 4. The molecule has 2 aromatic rings.